The van der Waals surface area contributed by atoms with E-state index in [1.165, 1.54) is 12.1 Å². The molecular weight excluding hydrogens is 317 g/mol. The number of fused-ring (bicyclic) bond motifs is 3. The van der Waals surface area contributed by atoms with Crippen molar-refractivity contribution in [3.05, 3.63) is 54.3 Å². The van der Waals surface area contributed by atoms with E-state index in [-0.39, 0.29) is 5.82 Å². The molecule has 0 aliphatic carbocycles. The maximum absolute atomic E-state index is 13.2. The average molecular weight is 335 g/mol. The summed E-state index contributed by atoms with van der Waals surface area (Å²) in [6, 6.07) is 14.2. The van der Waals surface area contributed by atoms with Crippen molar-refractivity contribution in [3.63, 3.8) is 0 Å². The minimum atomic E-state index is -0.277. The first-order valence-corrected chi connectivity index (χ1v) is 8.42. The van der Waals surface area contributed by atoms with Gasteiger partial charge in [-0.2, -0.15) is 4.52 Å². The Balaban J connectivity index is 1.91. The van der Waals surface area contributed by atoms with Crippen molar-refractivity contribution >= 4 is 22.4 Å². The Morgan fingerprint density at radius 2 is 1.88 bits per heavy atom. The van der Waals surface area contributed by atoms with E-state index in [2.05, 4.69) is 22.6 Å². The predicted octanol–water partition coefficient (Wildman–Crippen LogP) is 4.30. The molecule has 0 bridgehead atoms. The van der Waals surface area contributed by atoms with Crippen LogP contribution >= 0.6 is 0 Å². The second-order valence-corrected chi connectivity index (χ2v) is 5.94. The Kier molecular flexibility index (Phi) is 4.01. The number of benzene rings is 2. The lowest BCUT2D eigenvalue weighted by molar-refractivity contribution is 0.628. The van der Waals surface area contributed by atoms with Crippen molar-refractivity contribution in [3.8, 4) is 11.3 Å². The minimum absolute atomic E-state index is 0.277. The van der Waals surface area contributed by atoms with Gasteiger partial charge in [-0.25, -0.2) is 9.37 Å². The summed E-state index contributed by atoms with van der Waals surface area (Å²) < 4.78 is 15.0. The molecule has 0 radical (unpaired) electrons. The molecule has 1 N–H and O–H groups in total. The molecule has 4 aromatic rings. The van der Waals surface area contributed by atoms with Crippen molar-refractivity contribution in [2.24, 2.45) is 0 Å². The van der Waals surface area contributed by atoms with Gasteiger partial charge < -0.3 is 5.32 Å². The fraction of sp³-hybridized carbons (Fsp3) is 0.211. The van der Waals surface area contributed by atoms with Gasteiger partial charge in [-0.3, -0.25) is 0 Å². The number of unbranched alkanes of at least 4 members (excludes halogenated alkanes) is 1. The SMILES string of the molecule is CCCCNc1nc2c(-c3ccc(F)cc3)nnn2c2ccccc12. The lowest BCUT2D eigenvalue weighted by Gasteiger charge is -2.10. The third kappa shape index (κ3) is 2.80. The number of hydrogen-bond acceptors (Lipinski definition) is 4. The summed E-state index contributed by atoms with van der Waals surface area (Å²) >= 11 is 0. The lowest BCUT2D eigenvalue weighted by Crippen LogP contribution is -2.06. The number of anilines is 1. The van der Waals surface area contributed by atoms with E-state index < -0.39 is 0 Å². The van der Waals surface area contributed by atoms with E-state index in [9.17, 15) is 4.39 Å². The molecule has 0 saturated carbocycles. The molecule has 0 unspecified atom stereocenters. The monoisotopic (exact) mass is 335 g/mol. The number of nitrogens with one attached hydrogen (secondary N) is 1. The smallest absolute Gasteiger partial charge is 0.186 e. The largest absolute Gasteiger partial charge is 0.369 e. The normalized spacial score (nSPS) is 11.3. The molecule has 25 heavy (non-hydrogen) atoms. The second kappa shape index (κ2) is 6.47. The first kappa shape index (κ1) is 15.5. The van der Waals surface area contributed by atoms with E-state index >= 15 is 0 Å². The molecule has 0 fully saturated rings. The van der Waals surface area contributed by atoms with Gasteiger partial charge >= 0.3 is 0 Å². The van der Waals surface area contributed by atoms with Gasteiger partial charge in [-0.05, 0) is 42.8 Å². The molecule has 2 aromatic carbocycles. The molecule has 5 nitrogen and oxygen atoms in total. The Labute approximate surface area is 144 Å². The summed E-state index contributed by atoms with van der Waals surface area (Å²) in [5.41, 5.74) is 3.03. The van der Waals surface area contributed by atoms with Crippen LogP contribution in [0.25, 0.3) is 27.8 Å². The van der Waals surface area contributed by atoms with Gasteiger partial charge in [0.05, 0.1) is 5.52 Å². The second-order valence-electron chi connectivity index (χ2n) is 5.94. The zero-order valence-corrected chi connectivity index (χ0v) is 13.9. The zero-order valence-electron chi connectivity index (χ0n) is 13.9. The molecule has 0 aliphatic rings. The van der Waals surface area contributed by atoms with E-state index in [0.29, 0.717) is 11.3 Å². The lowest BCUT2D eigenvalue weighted by atomic mass is 10.1. The molecule has 0 saturated heterocycles. The van der Waals surface area contributed by atoms with Crippen LogP contribution in [0.5, 0.6) is 0 Å². The highest BCUT2D eigenvalue weighted by atomic mass is 19.1. The number of nitrogens with zero attached hydrogens (tertiary/aromatic N) is 4. The number of hydrogen-bond donors (Lipinski definition) is 1. The van der Waals surface area contributed by atoms with Gasteiger partial charge in [-0.15, -0.1) is 5.10 Å². The summed E-state index contributed by atoms with van der Waals surface area (Å²) in [5, 5.41) is 13.0. The van der Waals surface area contributed by atoms with Crippen LogP contribution in [0.2, 0.25) is 0 Å². The molecule has 6 heteroatoms. The Bertz CT molecular complexity index is 1020. The van der Waals surface area contributed by atoms with Crippen LogP contribution in [0, 0.1) is 5.82 Å². The van der Waals surface area contributed by atoms with Crippen molar-refractivity contribution in [2.45, 2.75) is 19.8 Å². The Morgan fingerprint density at radius 1 is 1.08 bits per heavy atom. The van der Waals surface area contributed by atoms with Crippen molar-refractivity contribution in [1.82, 2.24) is 19.8 Å². The summed E-state index contributed by atoms with van der Waals surface area (Å²) in [7, 11) is 0. The third-order valence-corrected chi connectivity index (χ3v) is 4.19. The summed E-state index contributed by atoms with van der Waals surface area (Å²) in [4.78, 5) is 4.77. The molecule has 2 heterocycles. The standard InChI is InChI=1S/C19H18FN5/c1-2-3-12-21-18-15-6-4-5-7-16(15)25-19(22-18)17(23-24-25)13-8-10-14(20)11-9-13/h4-11H,2-3,12H2,1H3,(H,21,22). The van der Waals surface area contributed by atoms with Crippen LogP contribution in [0.15, 0.2) is 48.5 Å². The van der Waals surface area contributed by atoms with Crippen molar-refractivity contribution in [2.75, 3.05) is 11.9 Å². The zero-order chi connectivity index (χ0) is 17.2. The van der Waals surface area contributed by atoms with Gasteiger partial charge in [0.25, 0.3) is 0 Å². The average Bonchev–Trinajstić information content (AvgIpc) is 3.07. The van der Waals surface area contributed by atoms with Crippen molar-refractivity contribution < 1.29 is 4.39 Å². The fourth-order valence-electron chi connectivity index (χ4n) is 2.88. The number of halogens is 1. The summed E-state index contributed by atoms with van der Waals surface area (Å²) in [6.45, 7) is 3.01. The van der Waals surface area contributed by atoms with E-state index in [0.717, 1.165) is 41.7 Å². The fourth-order valence-corrected chi connectivity index (χ4v) is 2.88. The maximum atomic E-state index is 13.2. The summed E-state index contributed by atoms with van der Waals surface area (Å²) in [6.07, 6.45) is 2.19. The molecule has 0 aliphatic heterocycles. The predicted molar refractivity (Wildman–Crippen MR) is 97.1 cm³/mol. The van der Waals surface area contributed by atoms with Crippen LogP contribution in [0.1, 0.15) is 19.8 Å². The van der Waals surface area contributed by atoms with Crippen molar-refractivity contribution in [1.29, 1.82) is 0 Å². The van der Waals surface area contributed by atoms with E-state index in [1.807, 2.05) is 24.3 Å². The van der Waals surface area contributed by atoms with Gasteiger partial charge in [0.1, 0.15) is 17.3 Å². The number of rotatable bonds is 5. The quantitative estimate of drug-likeness (QED) is 0.553. The molecule has 2 aromatic heterocycles. The number of para-hydroxylation sites is 1. The first-order valence-electron chi connectivity index (χ1n) is 8.42. The molecule has 126 valence electrons. The summed E-state index contributed by atoms with van der Waals surface area (Å²) in [5.74, 6) is 0.544. The molecule has 0 atom stereocenters. The van der Waals surface area contributed by atoms with E-state index in [4.69, 9.17) is 4.98 Å². The first-order chi connectivity index (χ1) is 12.3. The topological polar surface area (TPSA) is 55.1 Å². The Morgan fingerprint density at radius 3 is 2.68 bits per heavy atom. The van der Waals surface area contributed by atoms with Gasteiger partial charge in [0, 0.05) is 17.5 Å². The third-order valence-electron chi connectivity index (χ3n) is 4.19. The maximum Gasteiger partial charge on any atom is 0.186 e. The van der Waals surface area contributed by atoms with Crippen LogP contribution in [-0.2, 0) is 0 Å². The van der Waals surface area contributed by atoms with Gasteiger partial charge in [0.2, 0.25) is 0 Å². The van der Waals surface area contributed by atoms with Gasteiger partial charge in [-0.1, -0.05) is 30.7 Å². The van der Waals surface area contributed by atoms with Gasteiger partial charge in [0.15, 0.2) is 5.65 Å². The van der Waals surface area contributed by atoms with Crippen LogP contribution in [-0.4, -0.2) is 26.4 Å². The van der Waals surface area contributed by atoms with Crippen LogP contribution in [0.4, 0.5) is 10.2 Å². The van der Waals surface area contributed by atoms with E-state index in [1.54, 1.807) is 16.6 Å². The Hall–Kier alpha value is -3.02. The number of aromatic nitrogens is 4. The highest BCUT2D eigenvalue weighted by Crippen LogP contribution is 2.28. The highest BCUT2D eigenvalue weighted by molar-refractivity contribution is 5.93. The molecule has 4 rings (SSSR count). The molecule has 0 spiro atoms. The van der Waals surface area contributed by atoms with Crippen LogP contribution in [0.3, 0.4) is 0 Å². The molecule has 0 amide bonds. The molecular formula is C19H18FN5. The minimum Gasteiger partial charge on any atom is -0.369 e. The highest BCUT2D eigenvalue weighted by Gasteiger charge is 2.15. The van der Waals surface area contributed by atoms with Crippen LogP contribution < -0.4 is 5.32 Å².